The van der Waals surface area contributed by atoms with E-state index in [0.29, 0.717) is 50.6 Å². The Labute approximate surface area is 163 Å². The number of ether oxygens (including phenoxy) is 1. The Hall–Kier alpha value is -1.58. The fourth-order valence-corrected chi connectivity index (χ4v) is 4.46. The Balaban J connectivity index is 1.69. The summed E-state index contributed by atoms with van der Waals surface area (Å²) in [5.41, 5.74) is 0.906. The summed E-state index contributed by atoms with van der Waals surface area (Å²) >= 11 is 1.55. The predicted octanol–water partition coefficient (Wildman–Crippen LogP) is 1.28. The molecule has 148 valence electrons. The lowest BCUT2D eigenvalue weighted by atomic mass is 10.2. The number of H-pyrrole nitrogens is 1. The molecule has 1 aliphatic rings. The van der Waals surface area contributed by atoms with Gasteiger partial charge in [-0.25, -0.2) is 4.98 Å². The summed E-state index contributed by atoms with van der Waals surface area (Å²) < 4.78 is 5.35. The molecule has 2 aromatic rings. The first-order chi connectivity index (χ1) is 13.0. The van der Waals surface area contributed by atoms with E-state index in [4.69, 9.17) is 4.74 Å². The monoisotopic (exact) mass is 392 g/mol. The second-order valence-electron chi connectivity index (χ2n) is 7.03. The quantitative estimate of drug-likeness (QED) is 0.659. The van der Waals surface area contributed by atoms with Gasteiger partial charge in [-0.3, -0.25) is 14.6 Å². The first-order valence-electron chi connectivity index (χ1n) is 9.28. The van der Waals surface area contributed by atoms with E-state index in [0.717, 1.165) is 28.4 Å². The Bertz CT molecular complexity index is 841. The van der Waals surface area contributed by atoms with Crippen molar-refractivity contribution in [2.75, 3.05) is 45.9 Å². The van der Waals surface area contributed by atoms with E-state index in [-0.39, 0.29) is 5.56 Å². The van der Waals surface area contributed by atoms with Crippen molar-refractivity contribution in [3.63, 3.8) is 0 Å². The molecule has 0 bridgehead atoms. The summed E-state index contributed by atoms with van der Waals surface area (Å²) in [6.45, 7) is 13.1. The van der Waals surface area contributed by atoms with Crippen LogP contribution in [0.3, 0.4) is 0 Å². The second-order valence-corrected chi connectivity index (χ2v) is 8.23. The van der Waals surface area contributed by atoms with Crippen LogP contribution in [0.5, 0.6) is 0 Å². The second kappa shape index (κ2) is 9.07. The predicted molar refractivity (Wildman–Crippen MR) is 108 cm³/mol. The Morgan fingerprint density at radius 1 is 1.44 bits per heavy atom. The molecule has 1 saturated heterocycles. The molecule has 2 aromatic heterocycles. The fourth-order valence-electron chi connectivity index (χ4n) is 3.41. The number of aliphatic hydroxyl groups excluding tert-OH is 1. The molecule has 0 radical (unpaired) electrons. The molecule has 0 saturated carbocycles. The molecular weight excluding hydrogens is 364 g/mol. The zero-order valence-electron chi connectivity index (χ0n) is 16.0. The normalized spacial score (nSPS) is 16.9. The number of rotatable bonds is 8. The third-order valence-electron chi connectivity index (χ3n) is 4.89. The van der Waals surface area contributed by atoms with Crippen LogP contribution in [0.4, 0.5) is 0 Å². The number of aliphatic hydroxyl groups is 1. The molecule has 1 aliphatic heterocycles. The van der Waals surface area contributed by atoms with Gasteiger partial charge in [0.1, 0.15) is 10.7 Å². The summed E-state index contributed by atoms with van der Waals surface area (Å²) in [7, 11) is 0. The number of nitrogens with one attached hydrogen (secondary N) is 1. The van der Waals surface area contributed by atoms with Crippen molar-refractivity contribution in [3.05, 3.63) is 39.3 Å². The highest BCUT2D eigenvalue weighted by atomic mass is 32.1. The number of aryl methyl sites for hydroxylation is 2. The zero-order chi connectivity index (χ0) is 19.4. The molecule has 0 spiro atoms. The SMILES string of the molecule is C=CCN(Cc1nc2sc(C)c(C)c2c(=O)[nH]1)C[C@H](O)CN1CCOCC1. The number of β-amino-alcohol motifs (C(OH)–C–C–N with tert-alkyl or cyclic N) is 1. The molecule has 1 atom stereocenters. The van der Waals surface area contributed by atoms with Gasteiger partial charge in [0, 0.05) is 37.6 Å². The van der Waals surface area contributed by atoms with Gasteiger partial charge in [-0.05, 0) is 19.4 Å². The smallest absolute Gasteiger partial charge is 0.259 e. The standard InChI is InChI=1S/C19H28N4O3S/c1-4-5-23(11-15(24)10-22-6-8-26-9-7-22)12-16-20-18(25)17-13(2)14(3)27-19(17)21-16/h4,15,24H,1,5-12H2,2-3H3,(H,20,21,25)/t15-/m1/s1. The molecule has 0 aromatic carbocycles. The Kier molecular flexibility index (Phi) is 6.78. The number of nitrogens with zero attached hydrogens (tertiary/aromatic N) is 3. The minimum atomic E-state index is -0.482. The van der Waals surface area contributed by atoms with Crippen molar-refractivity contribution in [3.8, 4) is 0 Å². The van der Waals surface area contributed by atoms with E-state index in [1.54, 1.807) is 17.4 Å². The maximum absolute atomic E-state index is 12.5. The van der Waals surface area contributed by atoms with Crippen molar-refractivity contribution in [1.29, 1.82) is 0 Å². The number of hydrogen-bond donors (Lipinski definition) is 2. The van der Waals surface area contributed by atoms with Crippen molar-refractivity contribution >= 4 is 21.6 Å². The maximum atomic E-state index is 12.5. The van der Waals surface area contributed by atoms with Crippen molar-refractivity contribution < 1.29 is 9.84 Å². The summed E-state index contributed by atoms with van der Waals surface area (Å²) in [5.74, 6) is 0.620. The van der Waals surface area contributed by atoms with Gasteiger partial charge < -0.3 is 14.8 Å². The summed E-state index contributed by atoms with van der Waals surface area (Å²) in [5, 5.41) is 11.2. The van der Waals surface area contributed by atoms with Crippen molar-refractivity contribution in [2.45, 2.75) is 26.5 Å². The molecule has 7 nitrogen and oxygen atoms in total. The van der Waals surface area contributed by atoms with Crippen molar-refractivity contribution in [2.24, 2.45) is 0 Å². The van der Waals surface area contributed by atoms with Gasteiger partial charge in [0.25, 0.3) is 5.56 Å². The van der Waals surface area contributed by atoms with Crippen LogP contribution in [-0.4, -0.2) is 76.9 Å². The van der Waals surface area contributed by atoms with Crippen LogP contribution in [0.25, 0.3) is 10.2 Å². The average Bonchev–Trinajstić information content (AvgIpc) is 2.90. The summed E-state index contributed by atoms with van der Waals surface area (Å²) in [6.07, 6.45) is 1.32. The van der Waals surface area contributed by atoms with Crippen LogP contribution < -0.4 is 5.56 Å². The Morgan fingerprint density at radius 3 is 2.89 bits per heavy atom. The third kappa shape index (κ3) is 5.03. The van der Waals surface area contributed by atoms with E-state index < -0.39 is 6.10 Å². The van der Waals surface area contributed by atoms with Crippen molar-refractivity contribution in [1.82, 2.24) is 19.8 Å². The van der Waals surface area contributed by atoms with Gasteiger partial charge in [0.15, 0.2) is 0 Å². The third-order valence-corrected chi connectivity index (χ3v) is 5.99. The first kappa shape index (κ1) is 20.2. The van der Waals surface area contributed by atoms with Crippen LogP contribution in [0.2, 0.25) is 0 Å². The molecule has 3 rings (SSSR count). The average molecular weight is 393 g/mol. The molecule has 0 aliphatic carbocycles. The van der Waals surface area contributed by atoms with E-state index in [9.17, 15) is 9.90 Å². The summed E-state index contributed by atoms with van der Waals surface area (Å²) in [4.78, 5) is 26.2. The molecule has 8 heteroatoms. The number of fused-ring (bicyclic) bond motifs is 1. The zero-order valence-corrected chi connectivity index (χ0v) is 16.8. The van der Waals surface area contributed by atoms with E-state index in [1.807, 2.05) is 13.8 Å². The molecule has 27 heavy (non-hydrogen) atoms. The topological polar surface area (TPSA) is 81.7 Å². The van der Waals surface area contributed by atoms with Crippen LogP contribution in [-0.2, 0) is 11.3 Å². The lowest BCUT2D eigenvalue weighted by Crippen LogP contribution is -2.44. The van der Waals surface area contributed by atoms with Crippen LogP contribution in [0.1, 0.15) is 16.3 Å². The van der Waals surface area contributed by atoms with Gasteiger partial charge in [0.2, 0.25) is 0 Å². The fraction of sp³-hybridized carbons (Fsp3) is 0.579. The molecule has 0 unspecified atom stereocenters. The van der Waals surface area contributed by atoms with E-state index >= 15 is 0 Å². The van der Waals surface area contributed by atoms with Gasteiger partial charge >= 0.3 is 0 Å². The highest BCUT2D eigenvalue weighted by molar-refractivity contribution is 7.18. The van der Waals surface area contributed by atoms with E-state index in [2.05, 4.69) is 26.3 Å². The first-order valence-corrected chi connectivity index (χ1v) is 10.1. The largest absolute Gasteiger partial charge is 0.390 e. The molecule has 0 amide bonds. The van der Waals surface area contributed by atoms with Gasteiger partial charge in [-0.2, -0.15) is 0 Å². The Morgan fingerprint density at radius 2 is 2.19 bits per heavy atom. The molecule has 2 N–H and O–H groups in total. The highest BCUT2D eigenvalue weighted by Gasteiger charge is 2.19. The molecule has 1 fully saturated rings. The minimum absolute atomic E-state index is 0.0933. The number of thiophene rings is 1. The number of hydrogen-bond acceptors (Lipinski definition) is 7. The maximum Gasteiger partial charge on any atom is 0.259 e. The lowest BCUT2D eigenvalue weighted by molar-refractivity contribution is 0.00703. The lowest BCUT2D eigenvalue weighted by Gasteiger charge is -2.30. The number of aromatic nitrogens is 2. The molecule has 3 heterocycles. The minimum Gasteiger partial charge on any atom is -0.390 e. The number of aromatic amines is 1. The van der Waals surface area contributed by atoms with Crippen LogP contribution in [0.15, 0.2) is 17.4 Å². The summed E-state index contributed by atoms with van der Waals surface area (Å²) in [6, 6.07) is 0. The highest BCUT2D eigenvalue weighted by Crippen LogP contribution is 2.25. The van der Waals surface area contributed by atoms with Crippen LogP contribution in [0, 0.1) is 13.8 Å². The van der Waals surface area contributed by atoms with Gasteiger partial charge in [0.05, 0.1) is 31.2 Å². The number of morpholine rings is 1. The van der Waals surface area contributed by atoms with Gasteiger partial charge in [-0.15, -0.1) is 17.9 Å². The van der Waals surface area contributed by atoms with E-state index in [1.165, 1.54) is 0 Å². The molecular formula is C19H28N4O3S. The van der Waals surface area contributed by atoms with Crippen LogP contribution >= 0.6 is 11.3 Å². The van der Waals surface area contributed by atoms with Gasteiger partial charge in [-0.1, -0.05) is 6.08 Å².